The van der Waals surface area contributed by atoms with E-state index < -0.39 is 17.8 Å². The fourth-order valence-corrected chi connectivity index (χ4v) is 6.00. The summed E-state index contributed by atoms with van der Waals surface area (Å²) in [6, 6.07) is 11.2. The highest BCUT2D eigenvalue weighted by molar-refractivity contribution is 6.24. The van der Waals surface area contributed by atoms with Crippen LogP contribution in [0.15, 0.2) is 48.0 Å². The van der Waals surface area contributed by atoms with Gasteiger partial charge in [-0.05, 0) is 81.3 Å². The highest BCUT2D eigenvalue weighted by atomic mass is 16.2. The molecule has 2 aromatic carbocycles. The first-order valence-corrected chi connectivity index (χ1v) is 12.2. The fraction of sp³-hybridized carbons (Fsp3) is 0.379. The minimum atomic E-state index is -0.532. The topological polar surface area (TPSA) is 74.8 Å². The Morgan fingerprint density at radius 3 is 1.83 bits per heavy atom. The van der Waals surface area contributed by atoms with Crippen LogP contribution in [0.5, 0.6) is 0 Å². The number of carbonyl (C=O) groups is 4. The first kappa shape index (κ1) is 23.2. The van der Waals surface area contributed by atoms with Gasteiger partial charge in [0, 0.05) is 6.42 Å². The van der Waals surface area contributed by atoms with E-state index in [1.165, 1.54) is 9.80 Å². The second-order valence-electron chi connectivity index (χ2n) is 10.2. The summed E-state index contributed by atoms with van der Waals surface area (Å²) in [5.74, 6) is -2.68. The summed E-state index contributed by atoms with van der Waals surface area (Å²) in [6.07, 6.45) is 2.46. The van der Waals surface area contributed by atoms with Crippen LogP contribution in [-0.2, 0) is 19.2 Å². The van der Waals surface area contributed by atoms with E-state index >= 15 is 0 Å². The molecule has 0 N–H and O–H groups in total. The normalized spacial score (nSPS) is 26.5. The standard InChI is InChI=1S/C29H30N2O4/c1-15-8-6-10-23(18(15)4)30-25(32)14-21(27(30)33)20-12-17(3)26-22(13-20)28(34)31(29(26)35)24-11-7-9-16(2)19(24)5/h6-12,20-22,26H,13-14H2,1-5H3/t20-,21-,22+,26+/m0/s1. The Hall–Kier alpha value is -3.54. The Balaban J connectivity index is 1.45. The molecular formula is C29H30N2O4. The van der Waals surface area contributed by atoms with Crippen molar-refractivity contribution in [3.63, 3.8) is 0 Å². The first-order valence-electron chi connectivity index (χ1n) is 12.2. The molecule has 4 atom stereocenters. The molecule has 5 rings (SSSR count). The van der Waals surface area contributed by atoms with Gasteiger partial charge in [0.15, 0.2) is 0 Å². The van der Waals surface area contributed by atoms with Crippen LogP contribution in [0.1, 0.15) is 42.0 Å². The van der Waals surface area contributed by atoms with Gasteiger partial charge in [-0.15, -0.1) is 0 Å². The van der Waals surface area contributed by atoms with E-state index in [-0.39, 0.29) is 36.0 Å². The molecule has 0 spiro atoms. The summed E-state index contributed by atoms with van der Waals surface area (Å²) in [5.41, 5.74) is 5.92. The SMILES string of the molecule is CC1=C[C@H]([C@@H]2CC(=O)N(c3cccc(C)c3C)C2=O)C[C@H]2C(=O)N(c3cccc(C)c3C)C(=O)[C@H]12. The molecule has 2 aromatic rings. The van der Waals surface area contributed by atoms with Gasteiger partial charge in [-0.25, -0.2) is 4.90 Å². The summed E-state index contributed by atoms with van der Waals surface area (Å²) in [6.45, 7) is 9.62. The van der Waals surface area contributed by atoms with Crippen LogP contribution in [0.3, 0.4) is 0 Å². The van der Waals surface area contributed by atoms with Crippen molar-refractivity contribution in [2.75, 3.05) is 9.80 Å². The third kappa shape index (κ3) is 3.46. The van der Waals surface area contributed by atoms with E-state index in [2.05, 4.69) is 0 Å². The van der Waals surface area contributed by atoms with Gasteiger partial charge < -0.3 is 0 Å². The molecule has 1 aliphatic carbocycles. The number of benzene rings is 2. The second-order valence-corrected chi connectivity index (χ2v) is 10.2. The molecule has 180 valence electrons. The quantitative estimate of drug-likeness (QED) is 0.486. The van der Waals surface area contributed by atoms with Crippen LogP contribution in [0.4, 0.5) is 11.4 Å². The van der Waals surface area contributed by atoms with Crippen molar-refractivity contribution in [1.82, 2.24) is 0 Å². The van der Waals surface area contributed by atoms with Crippen LogP contribution >= 0.6 is 0 Å². The number of aryl methyl sites for hydroxylation is 2. The Morgan fingerprint density at radius 2 is 1.23 bits per heavy atom. The van der Waals surface area contributed by atoms with Crippen LogP contribution in [0.2, 0.25) is 0 Å². The molecule has 6 heteroatoms. The summed E-state index contributed by atoms with van der Waals surface area (Å²) < 4.78 is 0. The summed E-state index contributed by atoms with van der Waals surface area (Å²) in [7, 11) is 0. The molecule has 4 amide bonds. The monoisotopic (exact) mass is 470 g/mol. The molecule has 2 fully saturated rings. The number of hydrogen-bond donors (Lipinski definition) is 0. The van der Waals surface area contributed by atoms with Gasteiger partial charge in [-0.2, -0.15) is 0 Å². The molecule has 0 unspecified atom stereocenters. The number of fused-ring (bicyclic) bond motifs is 1. The Kier molecular flexibility index (Phi) is 5.50. The van der Waals surface area contributed by atoms with Crippen LogP contribution in [0.25, 0.3) is 0 Å². The third-order valence-electron chi connectivity index (χ3n) is 8.25. The van der Waals surface area contributed by atoms with Crippen molar-refractivity contribution in [1.29, 1.82) is 0 Å². The smallest absolute Gasteiger partial charge is 0.241 e. The van der Waals surface area contributed by atoms with Crippen molar-refractivity contribution >= 4 is 35.0 Å². The molecule has 3 aliphatic rings. The van der Waals surface area contributed by atoms with Crippen LogP contribution in [0, 0.1) is 51.4 Å². The van der Waals surface area contributed by atoms with Crippen LogP contribution in [-0.4, -0.2) is 23.6 Å². The lowest BCUT2D eigenvalue weighted by atomic mass is 9.71. The largest absolute Gasteiger partial charge is 0.274 e. The molecule has 35 heavy (non-hydrogen) atoms. The van der Waals surface area contributed by atoms with E-state index in [1.54, 1.807) is 6.07 Å². The predicted octanol–water partition coefficient (Wildman–Crippen LogP) is 4.57. The Morgan fingerprint density at radius 1 is 0.686 bits per heavy atom. The summed E-state index contributed by atoms with van der Waals surface area (Å²) in [4.78, 5) is 56.1. The zero-order valence-electron chi connectivity index (χ0n) is 20.8. The molecule has 0 aromatic heterocycles. The number of rotatable bonds is 3. The second kappa shape index (κ2) is 8.29. The molecule has 6 nitrogen and oxygen atoms in total. The fourth-order valence-electron chi connectivity index (χ4n) is 6.00. The predicted molar refractivity (Wildman–Crippen MR) is 134 cm³/mol. The molecule has 0 bridgehead atoms. The van der Waals surface area contributed by atoms with E-state index in [0.29, 0.717) is 17.8 Å². The summed E-state index contributed by atoms with van der Waals surface area (Å²) in [5, 5.41) is 0. The van der Waals surface area contributed by atoms with E-state index in [4.69, 9.17) is 0 Å². The van der Waals surface area contributed by atoms with Crippen molar-refractivity contribution in [3.05, 3.63) is 70.3 Å². The van der Waals surface area contributed by atoms with Crippen molar-refractivity contribution in [2.45, 2.75) is 47.5 Å². The van der Waals surface area contributed by atoms with E-state index in [0.717, 1.165) is 27.8 Å². The molecular weight excluding hydrogens is 440 g/mol. The maximum atomic E-state index is 13.5. The van der Waals surface area contributed by atoms with Crippen molar-refractivity contribution in [2.24, 2.45) is 23.7 Å². The number of anilines is 2. The lowest BCUT2D eigenvalue weighted by molar-refractivity contribution is -0.125. The van der Waals surface area contributed by atoms with Gasteiger partial charge in [0.25, 0.3) is 0 Å². The highest BCUT2D eigenvalue weighted by Crippen LogP contribution is 2.47. The minimum Gasteiger partial charge on any atom is -0.274 e. The van der Waals surface area contributed by atoms with Gasteiger partial charge in [0.1, 0.15) is 0 Å². The minimum absolute atomic E-state index is 0.112. The number of imide groups is 2. The first-order chi connectivity index (χ1) is 16.6. The maximum absolute atomic E-state index is 13.5. The number of allylic oxidation sites excluding steroid dienone is 1. The Bertz CT molecular complexity index is 1320. The highest BCUT2D eigenvalue weighted by Gasteiger charge is 2.54. The average molecular weight is 471 g/mol. The zero-order chi connectivity index (χ0) is 25.2. The lowest BCUT2D eigenvalue weighted by Crippen LogP contribution is -2.35. The number of carbonyl (C=O) groups excluding carboxylic acids is 4. The molecule has 2 heterocycles. The van der Waals surface area contributed by atoms with Gasteiger partial charge in [-0.3, -0.25) is 24.1 Å². The molecule has 2 saturated heterocycles. The van der Waals surface area contributed by atoms with Crippen molar-refractivity contribution in [3.8, 4) is 0 Å². The van der Waals surface area contributed by atoms with Gasteiger partial charge >= 0.3 is 0 Å². The van der Waals surface area contributed by atoms with Gasteiger partial charge in [-0.1, -0.05) is 35.9 Å². The molecule has 2 aliphatic heterocycles. The number of nitrogens with zero attached hydrogens (tertiary/aromatic N) is 2. The van der Waals surface area contributed by atoms with E-state index in [9.17, 15) is 19.2 Å². The van der Waals surface area contributed by atoms with Crippen molar-refractivity contribution < 1.29 is 19.2 Å². The average Bonchev–Trinajstić information content (AvgIpc) is 3.25. The Labute approximate surface area is 205 Å². The zero-order valence-corrected chi connectivity index (χ0v) is 20.8. The maximum Gasteiger partial charge on any atom is 0.241 e. The van der Waals surface area contributed by atoms with E-state index in [1.807, 2.05) is 71.0 Å². The van der Waals surface area contributed by atoms with Crippen LogP contribution < -0.4 is 9.80 Å². The number of amides is 4. The number of hydrogen-bond acceptors (Lipinski definition) is 4. The van der Waals surface area contributed by atoms with Gasteiger partial charge in [0.2, 0.25) is 23.6 Å². The third-order valence-corrected chi connectivity index (χ3v) is 8.25. The molecule has 0 saturated carbocycles. The van der Waals surface area contributed by atoms with Gasteiger partial charge in [0.05, 0.1) is 29.1 Å². The molecule has 0 radical (unpaired) electrons. The summed E-state index contributed by atoms with van der Waals surface area (Å²) >= 11 is 0. The lowest BCUT2D eigenvalue weighted by Gasteiger charge is -2.30.